The van der Waals surface area contributed by atoms with Gasteiger partial charge < -0.3 is 4.74 Å². The standard InChI is InChI=1S/C11H14NO/c1-13-11-4-2-9(3-5-11)10-6-7-12-8-10/h2-5,10H,6-8H2,1H3/t10-/m1/s1. The molecule has 1 aromatic rings. The van der Waals surface area contributed by atoms with Crippen molar-refractivity contribution in [1.82, 2.24) is 5.32 Å². The van der Waals surface area contributed by atoms with Gasteiger partial charge in [-0.25, -0.2) is 5.32 Å². The maximum Gasteiger partial charge on any atom is 0.118 e. The number of rotatable bonds is 2. The molecule has 0 N–H and O–H groups in total. The molecule has 1 radical (unpaired) electrons. The van der Waals surface area contributed by atoms with Gasteiger partial charge in [0.05, 0.1) is 7.11 Å². The van der Waals surface area contributed by atoms with Crippen LogP contribution >= 0.6 is 0 Å². The molecule has 0 aromatic heterocycles. The lowest BCUT2D eigenvalue weighted by Gasteiger charge is -2.08. The Labute approximate surface area is 78.9 Å². The molecule has 69 valence electrons. The number of ether oxygens (including phenoxy) is 1. The van der Waals surface area contributed by atoms with Crippen LogP contribution in [0.15, 0.2) is 24.3 Å². The summed E-state index contributed by atoms with van der Waals surface area (Å²) < 4.78 is 5.11. The molecule has 1 aromatic carbocycles. The van der Waals surface area contributed by atoms with Crippen LogP contribution in [0.1, 0.15) is 17.9 Å². The highest BCUT2D eigenvalue weighted by Gasteiger charge is 2.16. The monoisotopic (exact) mass is 176 g/mol. The topological polar surface area (TPSA) is 23.3 Å². The van der Waals surface area contributed by atoms with Crippen LogP contribution < -0.4 is 10.1 Å². The van der Waals surface area contributed by atoms with Crippen LogP contribution in [-0.2, 0) is 0 Å². The summed E-state index contributed by atoms with van der Waals surface area (Å²) in [6.07, 6.45) is 1.20. The number of methoxy groups -OCH3 is 1. The van der Waals surface area contributed by atoms with Crippen LogP contribution in [0.25, 0.3) is 0 Å². The van der Waals surface area contributed by atoms with Gasteiger partial charge in [0, 0.05) is 13.1 Å². The Hall–Kier alpha value is -1.02. The number of hydrogen-bond acceptors (Lipinski definition) is 1. The fourth-order valence-electron chi connectivity index (χ4n) is 1.73. The summed E-state index contributed by atoms with van der Waals surface area (Å²) in [5.41, 5.74) is 1.39. The SMILES string of the molecule is COc1ccc([C@@H]2CC[N]C2)cc1. The molecule has 0 saturated carbocycles. The van der Waals surface area contributed by atoms with E-state index in [1.807, 2.05) is 12.1 Å². The first-order chi connectivity index (χ1) is 6.40. The highest BCUT2D eigenvalue weighted by molar-refractivity contribution is 5.30. The Bertz CT molecular complexity index is 262. The Morgan fingerprint density at radius 3 is 2.62 bits per heavy atom. The molecule has 1 atom stereocenters. The Kier molecular flexibility index (Phi) is 2.50. The second-order valence-corrected chi connectivity index (χ2v) is 3.39. The number of benzene rings is 1. The minimum Gasteiger partial charge on any atom is -0.497 e. The van der Waals surface area contributed by atoms with Gasteiger partial charge in [-0.15, -0.1) is 0 Å². The number of nitrogens with zero attached hydrogens (tertiary/aromatic N) is 1. The molecular formula is C11H14NO. The van der Waals surface area contributed by atoms with E-state index in [9.17, 15) is 0 Å². The van der Waals surface area contributed by atoms with Gasteiger partial charge in [0.1, 0.15) is 5.75 Å². The highest BCUT2D eigenvalue weighted by atomic mass is 16.5. The first-order valence-corrected chi connectivity index (χ1v) is 4.67. The smallest absolute Gasteiger partial charge is 0.118 e. The molecule has 1 saturated heterocycles. The largest absolute Gasteiger partial charge is 0.497 e. The minimum absolute atomic E-state index is 0.644. The van der Waals surface area contributed by atoms with Crippen LogP contribution in [0.4, 0.5) is 0 Å². The van der Waals surface area contributed by atoms with Crippen LogP contribution in [0.3, 0.4) is 0 Å². The third kappa shape index (κ3) is 1.83. The molecule has 2 nitrogen and oxygen atoms in total. The van der Waals surface area contributed by atoms with Crippen molar-refractivity contribution < 1.29 is 4.74 Å². The molecule has 2 rings (SSSR count). The molecule has 1 fully saturated rings. The average Bonchev–Trinajstić information content (AvgIpc) is 2.71. The normalized spacial score (nSPS) is 21.8. The molecule has 0 aliphatic carbocycles. The van der Waals surface area contributed by atoms with E-state index >= 15 is 0 Å². The lowest BCUT2D eigenvalue weighted by Crippen LogP contribution is -2.00. The third-order valence-corrected chi connectivity index (χ3v) is 2.57. The summed E-state index contributed by atoms with van der Waals surface area (Å²) in [7, 11) is 1.69. The van der Waals surface area contributed by atoms with Crippen LogP contribution in [0, 0.1) is 0 Å². The molecule has 0 unspecified atom stereocenters. The highest BCUT2D eigenvalue weighted by Crippen LogP contribution is 2.24. The molecule has 1 aliphatic rings. The maximum atomic E-state index is 5.11. The third-order valence-electron chi connectivity index (χ3n) is 2.57. The van der Waals surface area contributed by atoms with Gasteiger partial charge in [-0.1, -0.05) is 12.1 Å². The first kappa shape index (κ1) is 8.57. The van der Waals surface area contributed by atoms with Crippen LogP contribution in [-0.4, -0.2) is 20.2 Å². The van der Waals surface area contributed by atoms with E-state index in [0.29, 0.717) is 5.92 Å². The zero-order chi connectivity index (χ0) is 9.10. The van der Waals surface area contributed by atoms with Crippen molar-refractivity contribution in [2.24, 2.45) is 0 Å². The van der Waals surface area contributed by atoms with Crippen LogP contribution in [0.2, 0.25) is 0 Å². The van der Waals surface area contributed by atoms with Gasteiger partial charge in [-0.3, -0.25) is 0 Å². The summed E-state index contributed by atoms with van der Waals surface area (Å²) >= 11 is 0. The molecule has 0 amide bonds. The lowest BCUT2D eigenvalue weighted by atomic mass is 9.99. The van der Waals surface area contributed by atoms with Gasteiger partial charge in [-0.05, 0) is 30.0 Å². The van der Waals surface area contributed by atoms with E-state index < -0.39 is 0 Å². The molecule has 2 heteroatoms. The van der Waals surface area contributed by atoms with E-state index in [4.69, 9.17) is 4.74 Å². The molecule has 0 spiro atoms. The summed E-state index contributed by atoms with van der Waals surface area (Å²) in [6, 6.07) is 8.33. The van der Waals surface area contributed by atoms with Crippen molar-refractivity contribution in [3.63, 3.8) is 0 Å². The van der Waals surface area contributed by atoms with Crippen molar-refractivity contribution >= 4 is 0 Å². The first-order valence-electron chi connectivity index (χ1n) is 4.67. The Balaban J connectivity index is 2.12. The maximum absolute atomic E-state index is 5.11. The van der Waals surface area contributed by atoms with Gasteiger partial charge in [0.15, 0.2) is 0 Å². The quantitative estimate of drug-likeness (QED) is 0.673. The van der Waals surface area contributed by atoms with Gasteiger partial charge in [0.2, 0.25) is 0 Å². The zero-order valence-corrected chi connectivity index (χ0v) is 7.86. The minimum atomic E-state index is 0.644. The summed E-state index contributed by atoms with van der Waals surface area (Å²) in [5, 5.41) is 4.35. The lowest BCUT2D eigenvalue weighted by molar-refractivity contribution is 0.414. The van der Waals surface area contributed by atoms with Crippen molar-refractivity contribution in [2.45, 2.75) is 12.3 Å². The second-order valence-electron chi connectivity index (χ2n) is 3.39. The van der Waals surface area contributed by atoms with Crippen molar-refractivity contribution in [3.05, 3.63) is 29.8 Å². The summed E-state index contributed by atoms with van der Waals surface area (Å²) in [6.45, 7) is 2.02. The van der Waals surface area contributed by atoms with Gasteiger partial charge in [-0.2, -0.15) is 0 Å². The zero-order valence-electron chi connectivity index (χ0n) is 7.86. The molecule has 1 aliphatic heterocycles. The molecule has 13 heavy (non-hydrogen) atoms. The van der Waals surface area contributed by atoms with E-state index in [0.717, 1.165) is 18.8 Å². The van der Waals surface area contributed by atoms with Gasteiger partial charge in [0.25, 0.3) is 0 Å². The predicted molar refractivity (Wildman–Crippen MR) is 52.2 cm³/mol. The molecular weight excluding hydrogens is 162 g/mol. The fourth-order valence-corrected chi connectivity index (χ4v) is 1.73. The fraction of sp³-hybridized carbons (Fsp3) is 0.455. The Morgan fingerprint density at radius 1 is 1.31 bits per heavy atom. The van der Waals surface area contributed by atoms with Crippen molar-refractivity contribution in [3.8, 4) is 5.75 Å². The summed E-state index contributed by atoms with van der Waals surface area (Å²) in [5.74, 6) is 1.57. The average molecular weight is 176 g/mol. The van der Waals surface area contributed by atoms with E-state index in [1.54, 1.807) is 7.11 Å². The number of hydrogen-bond donors (Lipinski definition) is 0. The van der Waals surface area contributed by atoms with E-state index in [-0.39, 0.29) is 0 Å². The van der Waals surface area contributed by atoms with Crippen molar-refractivity contribution in [1.29, 1.82) is 0 Å². The van der Waals surface area contributed by atoms with E-state index in [1.165, 1.54) is 12.0 Å². The van der Waals surface area contributed by atoms with E-state index in [2.05, 4.69) is 17.4 Å². The second kappa shape index (κ2) is 3.79. The predicted octanol–water partition coefficient (Wildman–Crippen LogP) is 1.79. The van der Waals surface area contributed by atoms with Crippen LogP contribution in [0.5, 0.6) is 5.75 Å². The van der Waals surface area contributed by atoms with Gasteiger partial charge >= 0.3 is 0 Å². The molecule has 0 bridgehead atoms. The summed E-state index contributed by atoms with van der Waals surface area (Å²) in [4.78, 5) is 0. The molecule has 1 heterocycles. The van der Waals surface area contributed by atoms with Crippen molar-refractivity contribution in [2.75, 3.05) is 20.2 Å². The Morgan fingerprint density at radius 2 is 2.08 bits per heavy atom.